The van der Waals surface area contributed by atoms with Crippen molar-refractivity contribution in [1.82, 2.24) is 20.1 Å². The fourth-order valence-electron chi connectivity index (χ4n) is 2.49. The van der Waals surface area contributed by atoms with Crippen molar-refractivity contribution >= 4 is 0 Å². The molecule has 4 heteroatoms. The average molecular weight is 258 g/mol. The van der Waals surface area contributed by atoms with Crippen molar-refractivity contribution < 1.29 is 0 Å². The maximum absolute atomic E-state index is 4.51. The molecular formula is C15H22N4. The molecule has 102 valence electrons. The largest absolute Gasteiger partial charge is 0.313 e. The number of hydrogen-bond donors (Lipinski definition) is 1. The van der Waals surface area contributed by atoms with Crippen LogP contribution in [0.2, 0.25) is 0 Å². The van der Waals surface area contributed by atoms with Gasteiger partial charge in [-0.1, -0.05) is 0 Å². The Kier molecular flexibility index (Phi) is 4.32. The minimum atomic E-state index is 0.296. The predicted octanol–water partition coefficient (Wildman–Crippen LogP) is 2.42. The minimum absolute atomic E-state index is 0.296. The van der Waals surface area contributed by atoms with Crippen LogP contribution < -0.4 is 5.32 Å². The highest BCUT2D eigenvalue weighted by Gasteiger charge is 2.15. The SMILES string of the molecule is CCn1nc(C)cc1CC(NC)c1ccncc1C. The van der Waals surface area contributed by atoms with E-state index in [9.17, 15) is 0 Å². The number of pyridine rings is 1. The minimum Gasteiger partial charge on any atom is -0.313 e. The summed E-state index contributed by atoms with van der Waals surface area (Å²) in [7, 11) is 2.00. The van der Waals surface area contributed by atoms with E-state index < -0.39 is 0 Å². The van der Waals surface area contributed by atoms with E-state index in [1.807, 2.05) is 26.4 Å². The van der Waals surface area contributed by atoms with Gasteiger partial charge in [0.15, 0.2) is 0 Å². The van der Waals surface area contributed by atoms with Gasteiger partial charge in [-0.05, 0) is 51.1 Å². The third-order valence-electron chi connectivity index (χ3n) is 3.49. The topological polar surface area (TPSA) is 42.7 Å². The molecule has 4 nitrogen and oxygen atoms in total. The molecule has 2 aromatic heterocycles. The third-order valence-corrected chi connectivity index (χ3v) is 3.49. The average Bonchev–Trinajstić information content (AvgIpc) is 2.77. The third kappa shape index (κ3) is 3.01. The van der Waals surface area contributed by atoms with Crippen LogP contribution in [0, 0.1) is 13.8 Å². The van der Waals surface area contributed by atoms with Crippen molar-refractivity contribution in [3.63, 3.8) is 0 Å². The van der Waals surface area contributed by atoms with E-state index in [2.05, 4.69) is 46.1 Å². The molecule has 2 rings (SSSR count). The highest BCUT2D eigenvalue weighted by Crippen LogP contribution is 2.21. The lowest BCUT2D eigenvalue weighted by Gasteiger charge is -2.19. The molecule has 2 heterocycles. The molecule has 0 aliphatic rings. The molecule has 0 saturated heterocycles. The molecular weight excluding hydrogens is 236 g/mol. The molecule has 0 aliphatic heterocycles. The lowest BCUT2D eigenvalue weighted by molar-refractivity contribution is 0.539. The summed E-state index contributed by atoms with van der Waals surface area (Å²) in [6.07, 6.45) is 4.72. The Balaban J connectivity index is 2.26. The lowest BCUT2D eigenvalue weighted by atomic mass is 9.99. The van der Waals surface area contributed by atoms with E-state index in [1.54, 1.807) is 0 Å². The zero-order valence-corrected chi connectivity index (χ0v) is 12.1. The summed E-state index contributed by atoms with van der Waals surface area (Å²) in [5.74, 6) is 0. The van der Waals surface area contributed by atoms with Gasteiger partial charge < -0.3 is 5.32 Å². The monoisotopic (exact) mass is 258 g/mol. The molecule has 2 aromatic rings. The first-order chi connectivity index (χ1) is 9.15. The summed E-state index contributed by atoms with van der Waals surface area (Å²) in [6.45, 7) is 7.19. The number of rotatable bonds is 5. The zero-order valence-electron chi connectivity index (χ0n) is 12.1. The van der Waals surface area contributed by atoms with E-state index in [0.717, 1.165) is 18.7 Å². The smallest absolute Gasteiger partial charge is 0.0596 e. The molecule has 1 N–H and O–H groups in total. The van der Waals surface area contributed by atoms with Gasteiger partial charge in [-0.15, -0.1) is 0 Å². The van der Waals surface area contributed by atoms with E-state index in [-0.39, 0.29) is 0 Å². The van der Waals surface area contributed by atoms with Gasteiger partial charge in [0.05, 0.1) is 5.69 Å². The van der Waals surface area contributed by atoms with E-state index in [1.165, 1.54) is 16.8 Å². The maximum atomic E-state index is 4.51. The van der Waals surface area contributed by atoms with E-state index >= 15 is 0 Å². The summed E-state index contributed by atoms with van der Waals surface area (Å²) in [5.41, 5.74) is 4.88. The molecule has 1 unspecified atom stereocenters. The Morgan fingerprint density at radius 3 is 2.79 bits per heavy atom. The molecule has 0 radical (unpaired) electrons. The molecule has 0 aliphatic carbocycles. The maximum Gasteiger partial charge on any atom is 0.0596 e. The van der Waals surface area contributed by atoms with Crippen LogP contribution in [0.1, 0.15) is 35.5 Å². The van der Waals surface area contributed by atoms with Crippen LogP contribution in [0.5, 0.6) is 0 Å². The number of likely N-dealkylation sites (N-methyl/N-ethyl adjacent to an activating group) is 1. The molecule has 0 spiro atoms. The van der Waals surface area contributed by atoms with Crippen molar-refractivity contribution in [3.8, 4) is 0 Å². The van der Waals surface area contributed by atoms with Crippen LogP contribution in [-0.4, -0.2) is 21.8 Å². The van der Waals surface area contributed by atoms with Crippen LogP contribution in [0.15, 0.2) is 24.5 Å². The van der Waals surface area contributed by atoms with Crippen molar-refractivity contribution in [3.05, 3.63) is 47.0 Å². The number of hydrogen-bond acceptors (Lipinski definition) is 3. The standard InChI is InChI=1S/C15H22N4/c1-5-19-13(8-12(3)18-19)9-15(16-4)14-6-7-17-10-11(14)2/h6-8,10,15-16H,5,9H2,1-4H3. The first-order valence-electron chi connectivity index (χ1n) is 6.76. The van der Waals surface area contributed by atoms with Gasteiger partial charge in [0.1, 0.15) is 0 Å². The second-order valence-corrected chi connectivity index (χ2v) is 4.87. The lowest BCUT2D eigenvalue weighted by Crippen LogP contribution is -2.21. The number of nitrogens with one attached hydrogen (secondary N) is 1. The van der Waals surface area contributed by atoms with Gasteiger partial charge in [0, 0.05) is 37.1 Å². The highest BCUT2D eigenvalue weighted by molar-refractivity contribution is 5.27. The fraction of sp³-hybridized carbons (Fsp3) is 0.467. The van der Waals surface area contributed by atoms with Crippen molar-refractivity contribution in [2.24, 2.45) is 0 Å². The molecule has 0 fully saturated rings. The Hall–Kier alpha value is -1.68. The predicted molar refractivity (Wildman–Crippen MR) is 77.1 cm³/mol. The number of aryl methyl sites for hydroxylation is 3. The Labute approximate surface area is 114 Å². The van der Waals surface area contributed by atoms with Crippen molar-refractivity contribution in [2.75, 3.05) is 7.05 Å². The second kappa shape index (κ2) is 5.97. The van der Waals surface area contributed by atoms with Gasteiger partial charge in [-0.3, -0.25) is 9.67 Å². The Morgan fingerprint density at radius 2 is 2.16 bits per heavy atom. The van der Waals surface area contributed by atoms with Crippen molar-refractivity contribution in [1.29, 1.82) is 0 Å². The summed E-state index contributed by atoms with van der Waals surface area (Å²) in [5, 5.41) is 7.91. The van der Waals surface area contributed by atoms with Crippen LogP contribution in [-0.2, 0) is 13.0 Å². The summed E-state index contributed by atoms with van der Waals surface area (Å²) >= 11 is 0. The van der Waals surface area contributed by atoms with Crippen LogP contribution >= 0.6 is 0 Å². The van der Waals surface area contributed by atoms with Gasteiger partial charge >= 0.3 is 0 Å². The Morgan fingerprint density at radius 1 is 1.37 bits per heavy atom. The number of nitrogens with zero attached hydrogens (tertiary/aromatic N) is 3. The quantitative estimate of drug-likeness (QED) is 0.895. The summed E-state index contributed by atoms with van der Waals surface area (Å²) < 4.78 is 2.08. The molecule has 0 saturated carbocycles. The van der Waals surface area contributed by atoms with E-state index in [0.29, 0.717) is 6.04 Å². The first-order valence-corrected chi connectivity index (χ1v) is 6.76. The zero-order chi connectivity index (χ0) is 13.8. The van der Waals surface area contributed by atoms with E-state index in [4.69, 9.17) is 0 Å². The summed E-state index contributed by atoms with van der Waals surface area (Å²) in [6, 6.07) is 4.56. The highest BCUT2D eigenvalue weighted by atomic mass is 15.3. The molecule has 1 atom stereocenters. The van der Waals surface area contributed by atoms with Gasteiger partial charge in [-0.25, -0.2) is 0 Å². The van der Waals surface area contributed by atoms with Gasteiger partial charge in [0.2, 0.25) is 0 Å². The molecule has 19 heavy (non-hydrogen) atoms. The molecule has 0 aromatic carbocycles. The number of aromatic nitrogens is 3. The van der Waals surface area contributed by atoms with Crippen LogP contribution in [0.25, 0.3) is 0 Å². The molecule has 0 amide bonds. The van der Waals surface area contributed by atoms with Crippen molar-refractivity contribution in [2.45, 2.75) is 39.8 Å². The van der Waals surface area contributed by atoms with Crippen LogP contribution in [0.3, 0.4) is 0 Å². The van der Waals surface area contributed by atoms with Crippen LogP contribution in [0.4, 0.5) is 0 Å². The summed E-state index contributed by atoms with van der Waals surface area (Å²) in [4.78, 5) is 4.16. The fourth-order valence-corrected chi connectivity index (χ4v) is 2.49. The van der Waals surface area contributed by atoms with Gasteiger partial charge in [-0.2, -0.15) is 5.10 Å². The molecule has 0 bridgehead atoms. The normalized spacial score (nSPS) is 12.6. The van der Waals surface area contributed by atoms with Gasteiger partial charge in [0.25, 0.3) is 0 Å². The second-order valence-electron chi connectivity index (χ2n) is 4.87. The first kappa shape index (κ1) is 13.7. The Bertz CT molecular complexity index is 545.